The summed E-state index contributed by atoms with van der Waals surface area (Å²) in [4.78, 5) is 9.15. The van der Waals surface area contributed by atoms with Crippen molar-refractivity contribution in [3.8, 4) is 0 Å². The molecule has 0 aliphatic rings. The molecule has 0 fully saturated rings. The molecule has 1 unspecified atom stereocenters. The predicted molar refractivity (Wildman–Crippen MR) is 50.5 cm³/mol. The van der Waals surface area contributed by atoms with E-state index in [4.69, 9.17) is 9.42 Å². The molecule has 13 heavy (non-hydrogen) atoms. The van der Waals surface area contributed by atoms with Crippen molar-refractivity contribution in [2.75, 3.05) is 12.8 Å². The zero-order valence-corrected chi connectivity index (χ0v) is 11.9. The van der Waals surface area contributed by atoms with E-state index in [1.807, 2.05) is 0 Å². The minimum atomic E-state index is -3.23. The Labute approximate surface area is 94.4 Å². The van der Waals surface area contributed by atoms with E-state index in [0.29, 0.717) is 12.8 Å². The molecule has 0 saturated carbocycles. The number of hydrogen-bond acceptors (Lipinski definition) is 2. The Kier molecular flexibility index (Phi) is 11.7. The fourth-order valence-corrected chi connectivity index (χ4v) is 2.16. The van der Waals surface area contributed by atoms with E-state index < -0.39 is 7.60 Å². The Hall–Kier alpha value is 0.812. The Bertz CT molecular complexity index is 152. The summed E-state index contributed by atoms with van der Waals surface area (Å²) in [5.41, 5.74) is 0. The number of rotatable bonds is 7. The molecular weight excluding hydrogens is 361 g/mol. The first kappa shape index (κ1) is 16.2. The van der Waals surface area contributed by atoms with Crippen LogP contribution in [0.5, 0.6) is 0 Å². The largest absolute Gasteiger partial charge is 0.328 e. The maximum atomic E-state index is 11.1. The molecular formula is C8H19O3PRe. The van der Waals surface area contributed by atoms with Gasteiger partial charge in [-0.2, -0.15) is 0 Å². The van der Waals surface area contributed by atoms with Crippen molar-refractivity contribution in [1.29, 1.82) is 0 Å². The maximum Gasteiger partial charge on any atom is 0.328 e. The van der Waals surface area contributed by atoms with Gasteiger partial charge in [0.15, 0.2) is 0 Å². The van der Waals surface area contributed by atoms with Crippen molar-refractivity contribution in [2.24, 2.45) is 0 Å². The molecule has 0 aromatic heterocycles. The fourth-order valence-electron chi connectivity index (χ4n) is 1.00. The van der Waals surface area contributed by atoms with Crippen LogP contribution in [0, 0.1) is 0 Å². The van der Waals surface area contributed by atoms with Crippen molar-refractivity contribution < 1.29 is 34.4 Å². The smallest absolute Gasteiger partial charge is 0.324 e. The van der Waals surface area contributed by atoms with E-state index in [1.165, 1.54) is 0 Å². The van der Waals surface area contributed by atoms with Crippen LogP contribution in [0.25, 0.3) is 0 Å². The first-order chi connectivity index (χ1) is 5.62. The van der Waals surface area contributed by atoms with Crippen LogP contribution < -0.4 is 0 Å². The molecule has 0 aromatic rings. The molecule has 1 radical (unpaired) electrons. The zero-order chi connectivity index (χ0) is 9.45. The van der Waals surface area contributed by atoms with Crippen LogP contribution >= 0.6 is 7.60 Å². The summed E-state index contributed by atoms with van der Waals surface area (Å²) in [6, 6.07) is 0. The van der Waals surface area contributed by atoms with Crippen molar-refractivity contribution >= 4 is 7.60 Å². The van der Waals surface area contributed by atoms with Crippen LogP contribution in [0.2, 0.25) is 0 Å². The molecule has 1 N–H and O–H groups in total. The van der Waals surface area contributed by atoms with E-state index in [2.05, 4.69) is 6.92 Å². The summed E-state index contributed by atoms with van der Waals surface area (Å²) >= 11 is 0. The third kappa shape index (κ3) is 10.7. The fraction of sp³-hybridized carbons (Fsp3) is 1.00. The molecule has 5 heteroatoms. The van der Waals surface area contributed by atoms with E-state index >= 15 is 0 Å². The molecule has 0 aromatic carbocycles. The van der Waals surface area contributed by atoms with Crippen LogP contribution in [0.1, 0.15) is 39.5 Å². The van der Waals surface area contributed by atoms with Crippen molar-refractivity contribution in [1.82, 2.24) is 0 Å². The molecule has 0 rings (SSSR count). The van der Waals surface area contributed by atoms with Crippen LogP contribution in [0.3, 0.4) is 0 Å². The van der Waals surface area contributed by atoms with Gasteiger partial charge in [-0.1, -0.05) is 26.2 Å². The topological polar surface area (TPSA) is 46.5 Å². The van der Waals surface area contributed by atoms with E-state index in [1.54, 1.807) is 6.92 Å². The molecule has 0 aliphatic carbocycles. The molecule has 0 saturated heterocycles. The number of hydrogen-bond donors (Lipinski definition) is 1. The van der Waals surface area contributed by atoms with E-state index in [-0.39, 0.29) is 20.4 Å². The van der Waals surface area contributed by atoms with Crippen molar-refractivity contribution in [3.05, 3.63) is 0 Å². The van der Waals surface area contributed by atoms with Crippen LogP contribution in [0.4, 0.5) is 0 Å². The van der Waals surface area contributed by atoms with Crippen molar-refractivity contribution in [2.45, 2.75) is 39.5 Å². The Balaban J connectivity index is 0. The SMILES string of the molecule is CCCCCCP(=O)(O)OCC.[Re]. The van der Waals surface area contributed by atoms with Crippen LogP contribution in [-0.2, 0) is 29.5 Å². The molecule has 1 atom stereocenters. The number of unbranched alkanes of at least 4 members (excludes halogenated alkanes) is 3. The third-order valence-electron chi connectivity index (χ3n) is 1.63. The van der Waals surface area contributed by atoms with Gasteiger partial charge < -0.3 is 9.42 Å². The average molecular weight is 380 g/mol. The second-order valence-electron chi connectivity index (χ2n) is 2.84. The monoisotopic (exact) mass is 381 g/mol. The summed E-state index contributed by atoms with van der Waals surface area (Å²) in [6.07, 6.45) is 4.40. The van der Waals surface area contributed by atoms with E-state index in [9.17, 15) is 4.57 Å². The molecule has 81 valence electrons. The normalized spacial score (nSPS) is 14.7. The maximum absolute atomic E-state index is 11.1. The minimum absolute atomic E-state index is 0. The van der Waals surface area contributed by atoms with Gasteiger partial charge in [0.2, 0.25) is 0 Å². The summed E-state index contributed by atoms with van der Waals surface area (Å²) in [5.74, 6) is 0. The van der Waals surface area contributed by atoms with Gasteiger partial charge in [0.25, 0.3) is 0 Å². The zero-order valence-electron chi connectivity index (χ0n) is 8.33. The summed E-state index contributed by atoms with van der Waals surface area (Å²) < 4.78 is 15.8. The average Bonchev–Trinajstić information content (AvgIpc) is 1.98. The predicted octanol–water partition coefficient (Wildman–Crippen LogP) is 2.79. The molecule has 0 aliphatic heterocycles. The molecule has 0 spiro atoms. The Morgan fingerprint density at radius 2 is 1.85 bits per heavy atom. The first-order valence-corrected chi connectivity index (χ1v) is 6.35. The Morgan fingerprint density at radius 3 is 2.31 bits per heavy atom. The summed E-state index contributed by atoms with van der Waals surface area (Å²) in [6.45, 7) is 4.16. The first-order valence-electron chi connectivity index (χ1n) is 4.58. The molecule has 0 heterocycles. The van der Waals surface area contributed by atoms with Gasteiger partial charge in [-0.15, -0.1) is 0 Å². The van der Waals surface area contributed by atoms with Gasteiger partial charge in [0.1, 0.15) is 0 Å². The third-order valence-corrected chi connectivity index (χ3v) is 3.17. The second-order valence-corrected chi connectivity index (χ2v) is 4.82. The van der Waals surface area contributed by atoms with Gasteiger partial charge in [-0.05, 0) is 13.3 Å². The molecule has 0 bridgehead atoms. The van der Waals surface area contributed by atoms with Gasteiger partial charge in [-0.25, -0.2) is 0 Å². The van der Waals surface area contributed by atoms with Crippen LogP contribution in [-0.4, -0.2) is 17.7 Å². The molecule has 3 nitrogen and oxygen atoms in total. The van der Waals surface area contributed by atoms with Gasteiger partial charge in [-0.3, -0.25) is 4.57 Å². The van der Waals surface area contributed by atoms with Gasteiger partial charge in [0, 0.05) is 26.6 Å². The summed E-state index contributed by atoms with van der Waals surface area (Å²) in [7, 11) is -3.23. The van der Waals surface area contributed by atoms with E-state index in [0.717, 1.165) is 25.7 Å². The van der Waals surface area contributed by atoms with Gasteiger partial charge in [0.05, 0.1) is 6.61 Å². The minimum Gasteiger partial charge on any atom is -0.324 e. The van der Waals surface area contributed by atoms with Crippen molar-refractivity contribution in [3.63, 3.8) is 0 Å². The van der Waals surface area contributed by atoms with Gasteiger partial charge >= 0.3 is 7.60 Å². The quantitative estimate of drug-likeness (QED) is 0.546. The standard InChI is InChI=1S/C8H19O3P.Re/c1-3-5-6-7-8-12(9,10)11-4-2;/h3-8H2,1-2H3,(H,9,10);. The van der Waals surface area contributed by atoms with Crippen LogP contribution in [0.15, 0.2) is 0 Å². The summed E-state index contributed by atoms with van der Waals surface area (Å²) in [5, 5.41) is 0. The Morgan fingerprint density at radius 1 is 1.23 bits per heavy atom. The second kappa shape index (κ2) is 9.37. The molecule has 0 amide bonds.